The number of nitrogens with zero attached hydrogens (tertiary/aromatic N) is 5. The zero-order valence-corrected chi connectivity index (χ0v) is 48.3. The topological polar surface area (TPSA) is 164 Å². The molecule has 14 nitrogen and oxygen atoms in total. The number of aromatic nitrogens is 2. The molecular formula is C45H77IN6O8P2S2Si. The second-order valence-electron chi connectivity index (χ2n) is 19.3. The van der Waals surface area contributed by atoms with Crippen LogP contribution >= 0.6 is 61.2 Å². The summed E-state index contributed by atoms with van der Waals surface area (Å²) in [6, 6.07) is 13.8. The van der Waals surface area contributed by atoms with Gasteiger partial charge in [0.05, 0.1) is 61.1 Å². The smallest absolute Gasteiger partial charge is 0.330 e. The first-order valence-corrected chi connectivity index (χ1v) is 30.8. The van der Waals surface area contributed by atoms with Crippen molar-refractivity contribution < 1.29 is 27.3 Å². The molecule has 0 saturated carbocycles. The maximum absolute atomic E-state index is 12.6. The summed E-state index contributed by atoms with van der Waals surface area (Å²) < 4.78 is 44.2. The first-order valence-electron chi connectivity index (χ1n) is 22.4. The van der Waals surface area contributed by atoms with E-state index in [2.05, 4.69) is 161 Å². The van der Waals surface area contributed by atoms with Crippen molar-refractivity contribution in [2.75, 3.05) is 26.4 Å². The molecule has 1 aromatic carbocycles. The van der Waals surface area contributed by atoms with Crippen LogP contribution in [-0.2, 0) is 33.7 Å². The number of aromatic amines is 1. The van der Waals surface area contributed by atoms with Crippen molar-refractivity contribution in [2.45, 2.75) is 193 Å². The molecule has 65 heavy (non-hydrogen) atoms. The molecule has 0 bridgehead atoms. The zero-order valence-electron chi connectivity index (χ0n) is 41.7. The Balaban J connectivity index is 0.000000465. The molecule has 0 spiro atoms. The Morgan fingerprint density at radius 3 is 1.86 bits per heavy atom. The molecule has 1 saturated heterocycles. The van der Waals surface area contributed by atoms with Gasteiger partial charge in [0.15, 0.2) is 8.32 Å². The van der Waals surface area contributed by atoms with Crippen molar-refractivity contribution in [1.82, 2.24) is 18.9 Å². The minimum absolute atomic E-state index is 0.0141. The maximum Gasteiger partial charge on any atom is 0.330 e. The first-order chi connectivity index (χ1) is 30.2. The van der Waals surface area contributed by atoms with E-state index in [0.29, 0.717) is 41.7 Å². The van der Waals surface area contributed by atoms with Crippen molar-refractivity contribution in [3.63, 3.8) is 0 Å². The van der Waals surface area contributed by atoms with Crippen molar-refractivity contribution in [1.29, 1.82) is 10.5 Å². The van der Waals surface area contributed by atoms with Crippen LogP contribution in [0.15, 0.2) is 44.9 Å². The molecule has 5 atom stereocenters. The molecular weight excluding hydrogens is 1030 g/mol. The lowest BCUT2D eigenvalue weighted by Gasteiger charge is -2.40. The number of H-pyrrole nitrogens is 1. The lowest BCUT2D eigenvalue weighted by atomic mass is 10.2. The van der Waals surface area contributed by atoms with Gasteiger partial charge in [0.1, 0.15) is 12.3 Å². The van der Waals surface area contributed by atoms with Crippen molar-refractivity contribution in [3.8, 4) is 12.1 Å². The highest BCUT2D eigenvalue weighted by atomic mass is 127. The third-order valence-corrected chi connectivity index (χ3v) is 23.2. The van der Waals surface area contributed by atoms with Gasteiger partial charge in [0.2, 0.25) is 0 Å². The molecule has 0 amide bonds. The van der Waals surface area contributed by atoms with Crippen molar-refractivity contribution in [3.05, 3.63) is 60.4 Å². The Morgan fingerprint density at radius 1 is 0.862 bits per heavy atom. The second-order valence-corrected chi connectivity index (χ2v) is 31.1. The highest BCUT2D eigenvalue weighted by Crippen LogP contribution is 2.49. The standard InChI is InChI=1S/C24H42IN4O6PSi.C21H35N2O2PS2/c1-16(2)29(17(3)4)36(32-12-10-11-26)33-15-20-19(35-37(8,9)24(5,6)7)13-21(34-20)28-14-18(25)22(30)27-23(28)31;1-17(2)23(18(3)4)26(24-15-10-14-22)25-16-13-19-11-8-9-12-20(19)27-28-21(5,6)7/h14,16-17,19-21H,10,12-13,15H2,1-9H3,(H,27,30,31);8-9,11-12,17-18H,10,13,15-16H2,1-7H3. The summed E-state index contributed by atoms with van der Waals surface area (Å²) >= 11 is 1.91. The summed E-state index contributed by atoms with van der Waals surface area (Å²) in [5, 5.41) is 17.8. The minimum Gasteiger partial charge on any atom is -0.411 e. The Kier molecular flexibility index (Phi) is 26.5. The fourth-order valence-electron chi connectivity index (χ4n) is 6.33. The van der Waals surface area contributed by atoms with Gasteiger partial charge in [0.25, 0.3) is 22.6 Å². The Hall–Kier alpha value is -0.933. The molecule has 0 aliphatic carbocycles. The van der Waals surface area contributed by atoms with Gasteiger partial charge in [0, 0.05) is 46.4 Å². The predicted octanol–water partition coefficient (Wildman–Crippen LogP) is 12.2. The Labute approximate surface area is 415 Å². The van der Waals surface area contributed by atoms with Crippen LogP contribution in [0.5, 0.6) is 0 Å². The van der Waals surface area contributed by atoms with Crippen LogP contribution < -0.4 is 11.2 Å². The van der Waals surface area contributed by atoms with Gasteiger partial charge < -0.3 is 27.3 Å². The normalized spacial score (nSPS) is 18.1. The highest BCUT2D eigenvalue weighted by Gasteiger charge is 2.46. The number of benzene rings is 1. The van der Waals surface area contributed by atoms with Gasteiger partial charge in [-0.05, 0) is 114 Å². The van der Waals surface area contributed by atoms with E-state index in [1.165, 1.54) is 21.2 Å². The van der Waals surface area contributed by atoms with Crippen LogP contribution in [0.25, 0.3) is 0 Å². The first kappa shape index (κ1) is 60.2. The third-order valence-electron chi connectivity index (χ3n) is 10.3. The van der Waals surface area contributed by atoms with E-state index < -0.39 is 49.0 Å². The summed E-state index contributed by atoms with van der Waals surface area (Å²) in [6.45, 7) is 36.1. The molecule has 2 heterocycles. The predicted molar refractivity (Wildman–Crippen MR) is 280 cm³/mol. The molecule has 1 N–H and O–H groups in total. The van der Waals surface area contributed by atoms with Gasteiger partial charge in [-0.1, -0.05) is 81.3 Å². The maximum atomic E-state index is 12.6. The molecule has 0 radical (unpaired) electrons. The van der Waals surface area contributed by atoms with E-state index in [-0.39, 0.29) is 47.6 Å². The van der Waals surface area contributed by atoms with Gasteiger partial charge in [-0.3, -0.25) is 14.3 Å². The molecule has 20 heteroatoms. The number of nitriles is 2. The number of hydrogen-bond acceptors (Lipinski definition) is 14. The van der Waals surface area contributed by atoms with Crippen LogP contribution in [0.2, 0.25) is 18.1 Å². The Morgan fingerprint density at radius 2 is 1.37 bits per heavy atom. The van der Waals surface area contributed by atoms with E-state index in [1.807, 2.05) is 44.2 Å². The molecule has 5 unspecified atom stereocenters. The summed E-state index contributed by atoms with van der Waals surface area (Å²) in [5.41, 5.74) is 0.365. The number of halogens is 1. The van der Waals surface area contributed by atoms with E-state index >= 15 is 0 Å². The summed E-state index contributed by atoms with van der Waals surface area (Å²) in [7, 11) is -1.08. The van der Waals surface area contributed by atoms with E-state index in [4.69, 9.17) is 37.8 Å². The van der Waals surface area contributed by atoms with Gasteiger partial charge in [-0.25, -0.2) is 14.1 Å². The van der Waals surface area contributed by atoms with Gasteiger partial charge in [-0.15, -0.1) is 0 Å². The largest absolute Gasteiger partial charge is 0.411 e. The molecule has 368 valence electrons. The molecule has 1 fully saturated rings. The average Bonchev–Trinajstić information content (AvgIpc) is 3.58. The molecule has 1 aromatic heterocycles. The second kappa shape index (κ2) is 28.7. The van der Waals surface area contributed by atoms with E-state index in [0.717, 1.165) is 6.42 Å². The molecule has 1 aliphatic heterocycles. The van der Waals surface area contributed by atoms with Crippen LogP contribution in [0.4, 0.5) is 0 Å². The minimum atomic E-state index is -2.17. The number of ether oxygens (including phenoxy) is 1. The SMILES string of the molecule is CC(C)N(C(C)C)P(OCCC#N)OCC1OC(n2cc(I)c(=O)[nH]c2=O)CC1O[Si](C)(C)C(C)(C)C.CC(C)N(C(C)C)P(OCCC#N)OCCc1ccccc1SSC(C)(C)C. The zero-order chi connectivity index (χ0) is 49.3. The molecule has 2 aromatic rings. The van der Waals surface area contributed by atoms with Crippen LogP contribution in [0, 0.1) is 26.2 Å². The highest BCUT2D eigenvalue weighted by molar-refractivity contribution is 14.1. The Bertz CT molecular complexity index is 1920. The summed E-state index contributed by atoms with van der Waals surface area (Å²) in [4.78, 5) is 28.2. The number of hydrogen-bond donors (Lipinski definition) is 1. The monoisotopic (exact) mass is 1110 g/mol. The van der Waals surface area contributed by atoms with Crippen molar-refractivity contribution >= 4 is 69.5 Å². The van der Waals surface area contributed by atoms with Gasteiger partial charge >= 0.3 is 5.69 Å². The van der Waals surface area contributed by atoms with Gasteiger partial charge in [-0.2, -0.15) is 10.5 Å². The lowest BCUT2D eigenvalue weighted by Crippen LogP contribution is -2.46. The lowest BCUT2D eigenvalue weighted by molar-refractivity contribution is -0.0414. The third kappa shape index (κ3) is 20.5. The average molecular weight is 1110 g/mol. The number of nitrogens with one attached hydrogen (secondary N) is 1. The van der Waals surface area contributed by atoms with Crippen LogP contribution in [-0.4, -0.2) is 94.8 Å². The van der Waals surface area contributed by atoms with Crippen LogP contribution in [0.1, 0.15) is 128 Å². The quantitative estimate of drug-likeness (QED) is 0.0347. The summed E-state index contributed by atoms with van der Waals surface area (Å²) in [5.74, 6) is 0. The molecule has 3 rings (SSSR count). The van der Waals surface area contributed by atoms with E-state index in [1.54, 1.807) is 0 Å². The van der Waals surface area contributed by atoms with Crippen LogP contribution in [0.3, 0.4) is 0 Å². The number of rotatable bonds is 24. The molecule has 1 aliphatic rings. The fourth-order valence-corrected chi connectivity index (χ4v) is 13.6. The fraction of sp³-hybridized carbons (Fsp3) is 0.733. The van der Waals surface area contributed by atoms with E-state index in [9.17, 15) is 9.59 Å². The van der Waals surface area contributed by atoms with Crippen molar-refractivity contribution in [2.24, 2.45) is 0 Å². The summed E-state index contributed by atoms with van der Waals surface area (Å²) in [6.07, 6.45) is 2.14.